The van der Waals surface area contributed by atoms with E-state index in [1.807, 2.05) is 13.8 Å². The van der Waals surface area contributed by atoms with E-state index in [1.54, 1.807) is 12.1 Å². The minimum absolute atomic E-state index is 0.0599. The number of carbonyl (C=O) groups excluding carboxylic acids is 1. The first-order chi connectivity index (χ1) is 9.13. The van der Waals surface area contributed by atoms with E-state index in [0.717, 1.165) is 6.42 Å². The molecule has 2 N–H and O–H groups in total. The maximum absolute atomic E-state index is 11.8. The summed E-state index contributed by atoms with van der Waals surface area (Å²) in [6, 6.07) is 4.31. The molecule has 5 heteroatoms. The number of aromatic hydroxyl groups is 1. The molecule has 0 fully saturated rings. The Hall–Kier alpha value is -1.75. The summed E-state index contributed by atoms with van der Waals surface area (Å²) in [5.74, 6) is 0.0681. The number of nitrogens with one attached hydrogen (secondary N) is 1. The van der Waals surface area contributed by atoms with Gasteiger partial charge in [0.05, 0.1) is 13.7 Å². The number of methoxy groups -OCH3 is 1. The topological polar surface area (TPSA) is 67.8 Å². The van der Waals surface area contributed by atoms with Crippen LogP contribution in [0.15, 0.2) is 18.2 Å². The first kappa shape index (κ1) is 15.3. The lowest BCUT2D eigenvalue weighted by Crippen LogP contribution is -2.30. The van der Waals surface area contributed by atoms with E-state index in [9.17, 15) is 9.90 Å². The maximum Gasteiger partial charge on any atom is 0.327 e. The van der Waals surface area contributed by atoms with E-state index in [2.05, 4.69) is 5.32 Å². The van der Waals surface area contributed by atoms with E-state index < -0.39 is 6.04 Å². The summed E-state index contributed by atoms with van der Waals surface area (Å²) in [7, 11) is 1.35. The van der Waals surface area contributed by atoms with Crippen LogP contribution in [0.4, 0.5) is 0 Å². The fourth-order valence-electron chi connectivity index (χ4n) is 1.73. The fourth-order valence-corrected chi connectivity index (χ4v) is 1.73. The zero-order chi connectivity index (χ0) is 14.3. The molecular formula is C14H21NO4. The second-order valence-electron chi connectivity index (χ2n) is 4.07. The molecule has 0 saturated heterocycles. The van der Waals surface area contributed by atoms with Gasteiger partial charge in [0, 0.05) is 0 Å². The van der Waals surface area contributed by atoms with Crippen molar-refractivity contribution in [3.8, 4) is 11.5 Å². The van der Waals surface area contributed by atoms with Crippen molar-refractivity contribution >= 4 is 5.97 Å². The first-order valence-electron chi connectivity index (χ1n) is 6.40. The Labute approximate surface area is 113 Å². The molecule has 0 aliphatic heterocycles. The van der Waals surface area contributed by atoms with Gasteiger partial charge in [-0.25, -0.2) is 4.79 Å². The second-order valence-corrected chi connectivity index (χ2v) is 4.07. The summed E-state index contributed by atoms with van der Waals surface area (Å²) in [4.78, 5) is 11.8. The average Bonchev–Trinajstić information content (AvgIpc) is 2.42. The molecule has 1 rings (SSSR count). The van der Waals surface area contributed by atoms with E-state index in [4.69, 9.17) is 9.47 Å². The minimum Gasteiger partial charge on any atom is -0.504 e. The van der Waals surface area contributed by atoms with Gasteiger partial charge in [0.1, 0.15) is 6.04 Å². The third kappa shape index (κ3) is 4.13. The predicted molar refractivity (Wildman–Crippen MR) is 72.3 cm³/mol. The highest BCUT2D eigenvalue weighted by atomic mass is 16.5. The van der Waals surface area contributed by atoms with Crippen molar-refractivity contribution in [2.24, 2.45) is 0 Å². The van der Waals surface area contributed by atoms with Crippen molar-refractivity contribution in [3.05, 3.63) is 23.8 Å². The van der Waals surface area contributed by atoms with Crippen LogP contribution in [0.2, 0.25) is 0 Å². The normalized spacial score (nSPS) is 11.9. The molecule has 1 aromatic rings. The van der Waals surface area contributed by atoms with Gasteiger partial charge in [-0.3, -0.25) is 0 Å². The predicted octanol–water partition coefficient (Wildman–Crippen LogP) is 2.00. The van der Waals surface area contributed by atoms with Crippen molar-refractivity contribution in [3.63, 3.8) is 0 Å². The number of phenolic OH excluding ortho intramolecular Hbond substituents is 1. The van der Waals surface area contributed by atoms with Crippen molar-refractivity contribution in [1.82, 2.24) is 5.32 Å². The second kappa shape index (κ2) is 7.63. The molecule has 0 amide bonds. The molecule has 1 aromatic carbocycles. The molecule has 1 unspecified atom stereocenters. The molecule has 0 aromatic heterocycles. The largest absolute Gasteiger partial charge is 0.504 e. The standard InChI is InChI=1S/C14H21NO4/c1-4-8-15-13(14(17)18-3)10-6-7-11(16)12(9-10)19-5-2/h6-7,9,13,15-16H,4-5,8H2,1-3H3. The Morgan fingerprint density at radius 3 is 2.74 bits per heavy atom. The number of esters is 1. The van der Waals surface area contributed by atoms with Crippen molar-refractivity contribution in [1.29, 1.82) is 0 Å². The lowest BCUT2D eigenvalue weighted by molar-refractivity contribution is -0.143. The molecular weight excluding hydrogens is 246 g/mol. The van der Waals surface area contributed by atoms with Crippen LogP contribution in [-0.4, -0.2) is 31.3 Å². The first-order valence-corrected chi connectivity index (χ1v) is 6.40. The quantitative estimate of drug-likeness (QED) is 0.740. The number of carbonyl (C=O) groups is 1. The van der Waals surface area contributed by atoms with E-state index in [1.165, 1.54) is 13.2 Å². The van der Waals surface area contributed by atoms with Crippen molar-refractivity contribution in [2.75, 3.05) is 20.3 Å². The highest BCUT2D eigenvalue weighted by molar-refractivity contribution is 5.77. The molecule has 0 saturated carbocycles. The maximum atomic E-state index is 11.8. The van der Waals surface area contributed by atoms with Gasteiger partial charge in [-0.1, -0.05) is 13.0 Å². The smallest absolute Gasteiger partial charge is 0.327 e. The minimum atomic E-state index is -0.551. The van der Waals surface area contributed by atoms with Crippen LogP contribution >= 0.6 is 0 Å². The number of ether oxygens (including phenoxy) is 2. The van der Waals surface area contributed by atoms with Crippen LogP contribution in [0.25, 0.3) is 0 Å². The van der Waals surface area contributed by atoms with Crippen LogP contribution in [-0.2, 0) is 9.53 Å². The van der Waals surface area contributed by atoms with Crippen LogP contribution in [0, 0.1) is 0 Å². The van der Waals surface area contributed by atoms with Gasteiger partial charge in [-0.2, -0.15) is 0 Å². The van der Waals surface area contributed by atoms with Crippen LogP contribution < -0.4 is 10.1 Å². The molecule has 0 aliphatic rings. The Bertz CT molecular complexity index is 420. The van der Waals surface area contributed by atoms with Gasteiger partial charge in [0.15, 0.2) is 11.5 Å². The van der Waals surface area contributed by atoms with Gasteiger partial charge >= 0.3 is 5.97 Å². The van der Waals surface area contributed by atoms with Gasteiger partial charge in [0.25, 0.3) is 0 Å². The highest BCUT2D eigenvalue weighted by Gasteiger charge is 2.21. The molecule has 19 heavy (non-hydrogen) atoms. The third-order valence-corrected chi connectivity index (χ3v) is 2.65. The Morgan fingerprint density at radius 2 is 2.16 bits per heavy atom. The molecule has 106 valence electrons. The number of rotatable bonds is 7. The van der Waals surface area contributed by atoms with E-state index in [0.29, 0.717) is 24.5 Å². The van der Waals surface area contributed by atoms with E-state index >= 15 is 0 Å². The lowest BCUT2D eigenvalue weighted by atomic mass is 10.1. The summed E-state index contributed by atoms with van der Waals surface area (Å²) in [5.41, 5.74) is 0.710. The molecule has 0 aliphatic carbocycles. The Balaban J connectivity index is 3.00. The molecule has 0 heterocycles. The molecule has 5 nitrogen and oxygen atoms in total. The summed E-state index contributed by atoms with van der Waals surface area (Å²) in [6.07, 6.45) is 0.907. The van der Waals surface area contributed by atoms with Gasteiger partial charge in [-0.15, -0.1) is 0 Å². The summed E-state index contributed by atoms with van der Waals surface area (Å²) >= 11 is 0. The molecule has 1 atom stereocenters. The van der Waals surface area contributed by atoms with Crippen LogP contribution in [0.1, 0.15) is 31.9 Å². The fraction of sp³-hybridized carbons (Fsp3) is 0.500. The van der Waals surface area contributed by atoms with Gasteiger partial charge < -0.3 is 19.9 Å². The van der Waals surface area contributed by atoms with Gasteiger partial charge in [-0.05, 0) is 37.6 Å². The zero-order valence-corrected chi connectivity index (χ0v) is 11.6. The monoisotopic (exact) mass is 267 g/mol. The SMILES string of the molecule is CCCNC(C(=O)OC)c1ccc(O)c(OCC)c1. The van der Waals surface area contributed by atoms with Crippen LogP contribution in [0.3, 0.4) is 0 Å². The number of phenols is 1. The number of hydrogen-bond donors (Lipinski definition) is 2. The van der Waals surface area contributed by atoms with Crippen molar-refractivity contribution in [2.45, 2.75) is 26.3 Å². The molecule has 0 spiro atoms. The van der Waals surface area contributed by atoms with Crippen molar-refractivity contribution < 1.29 is 19.4 Å². The number of benzene rings is 1. The lowest BCUT2D eigenvalue weighted by Gasteiger charge is -2.17. The Morgan fingerprint density at radius 1 is 1.42 bits per heavy atom. The summed E-state index contributed by atoms with van der Waals surface area (Å²) in [5, 5.41) is 12.8. The molecule has 0 radical (unpaired) electrons. The zero-order valence-electron chi connectivity index (χ0n) is 11.6. The highest BCUT2D eigenvalue weighted by Crippen LogP contribution is 2.29. The summed E-state index contributed by atoms with van der Waals surface area (Å²) in [6.45, 7) is 5.00. The molecule has 0 bridgehead atoms. The van der Waals surface area contributed by atoms with Gasteiger partial charge in [0.2, 0.25) is 0 Å². The third-order valence-electron chi connectivity index (χ3n) is 2.65. The van der Waals surface area contributed by atoms with Crippen LogP contribution in [0.5, 0.6) is 11.5 Å². The Kier molecular flexibility index (Phi) is 6.15. The van der Waals surface area contributed by atoms with E-state index in [-0.39, 0.29) is 11.7 Å². The summed E-state index contributed by atoms with van der Waals surface area (Å²) < 4.78 is 10.1. The average molecular weight is 267 g/mol. The number of hydrogen-bond acceptors (Lipinski definition) is 5.